The van der Waals surface area contributed by atoms with Crippen LogP contribution >= 0.6 is 0 Å². The highest BCUT2D eigenvalue weighted by Gasteiger charge is 2.28. The average molecular weight is 439 g/mol. The van der Waals surface area contributed by atoms with Gasteiger partial charge < -0.3 is 20.5 Å². The molecular weight excluding hydrogens is 408 g/mol. The first-order valence-corrected chi connectivity index (χ1v) is 11.0. The highest BCUT2D eigenvalue weighted by atomic mass is 16.5. The molecular formula is C25H30N2O5. The van der Waals surface area contributed by atoms with Gasteiger partial charge in [-0.3, -0.25) is 9.59 Å². The van der Waals surface area contributed by atoms with E-state index in [9.17, 15) is 14.4 Å². The molecule has 1 aliphatic carbocycles. The molecule has 0 saturated heterocycles. The molecule has 170 valence electrons. The van der Waals surface area contributed by atoms with Crippen molar-refractivity contribution in [3.63, 3.8) is 0 Å². The van der Waals surface area contributed by atoms with Gasteiger partial charge in [-0.2, -0.15) is 0 Å². The minimum atomic E-state index is -0.932. The second-order valence-electron chi connectivity index (χ2n) is 8.18. The Labute approximate surface area is 188 Å². The summed E-state index contributed by atoms with van der Waals surface area (Å²) in [6.45, 7) is 2.92. The van der Waals surface area contributed by atoms with E-state index >= 15 is 0 Å². The second-order valence-corrected chi connectivity index (χ2v) is 8.18. The lowest BCUT2D eigenvalue weighted by molar-refractivity contribution is -0.136. The number of carbonyl (C=O) groups excluding carboxylic acids is 2. The Morgan fingerprint density at radius 3 is 2.16 bits per heavy atom. The lowest BCUT2D eigenvalue weighted by Gasteiger charge is -2.15. The molecule has 1 atom stereocenters. The Hall–Kier alpha value is -3.35. The van der Waals surface area contributed by atoms with Gasteiger partial charge in [-0.15, -0.1) is 0 Å². The number of hydrogen-bond acceptors (Lipinski definition) is 4. The third kappa shape index (κ3) is 6.33. The number of rotatable bonds is 11. The Morgan fingerprint density at radius 1 is 0.906 bits per heavy atom. The van der Waals surface area contributed by atoms with Crippen molar-refractivity contribution in [1.82, 2.24) is 10.6 Å². The molecule has 3 rings (SSSR count). The molecule has 1 aliphatic rings. The minimum Gasteiger partial charge on any atom is -0.481 e. The smallest absolute Gasteiger partial charge is 0.407 e. The lowest BCUT2D eigenvalue weighted by Crippen LogP contribution is -2.28. The van der Waals surface area contributed by atoms with E-state index in [2.05, 4.69) is 34.9 Å². The van der Waals surface area contributed by atoms with Gasteiger partial charge in [0.15, 0.2) is 0 Å². The summed E-state index contributed by atoms with van der Waals surface area (Å²) in [6, 6.07) is 16.4. The fourth-order valence-corrected chi connectivity index (χ4v) is 3.99. The van der Waals surface area contributed by atoms with Gasteiger partial charge in [0.1, 0.15) is 6.61 Å². The maximum Gasteiger partial charge on any atom is 0.407 e. The van der Waals surface area contributed by atoms with Gasteiger partial charge in [-0.05, 0) is 41.0 Å². The van der Waals surface area contributed by atoms with Crippen molar-refractivity contribution >= 4 is 18.0 Å². The number of carbonyl (C=O) groups is 3. The third-order valence-corrected chi connectivity index (χ3v) is 5.78. The highest BCUT2D eigenvalue weighted by Crippen LogP contribution is 2.44. The summed E-state index contributed by atoms with van der Waals surface area (Å²) in [4.78, 5) is 34.4. The van der Waals surface area contributed by atoms with Crippen LogP contribution in [0.2, 0.25) is 0 Å². The van der Waals surface area contributed by atoms with E-state index in [0.717, 1.165) is 6.42 Å². The van der Waals surface area contributed by atoms with Crippen LogP contribution in [-0.2, 0) is 14.3 Å². The van der Waals surface area contributed by atoms with Gasteiger partial charge in [0.2, 0.25) is 5.91 Å². The first kappa shape index (κ1) is 23.3. The van der Waals surface area contributed by atoms with E-state index in [0.29, 0.717) is 19.4 Å². The van der Waals surface area contributed by atoms with Crippen molar-refractivity contribution < 1.29 is 24.2 Å². The number of carboxylic acids is 1. The first-order chi connectivity index (χ1) is 15.5. The molecule has 0 spiro atoms. The van der Waals surface area contributed by atoms with E-state index in [4.69, 9.17) is 9.84 Å². The molecule has 0 heterocycles. The van der Waals surface area contributed by atoms with Crippen LogP contribution in [0.5, 0.6) is 0 Å². The topological polar surface area (TPSA) is 105 Å². The third-order valence-electron chi connectivity index (χ3n) is 5.78. The zero-order chi connectivity index (χ0) is 22.9. The van der Waals surface area contributed by atoms with Crippen molar-refractivity contribution in [3.05, 3.63) is 59.7 Å². The van der Waals surface area contributed by atoms with E-state index in [1.807, 2.05) is 31.2 Å². The highest BCUT2D eigenvalue weighted by molar-refractivity contribution is 5.79. The molecule has 0 radical (unpaired) electrons. The summed E-state index contributed by atoms with van der Waals surface area (Å²) in [5.41, 5.74) is 4.74. The van der Waals surface area contributed by atoms with Crippen LogP contribution in [0, 0.1) is 5.92 Å². The second kappa shape index (κ2) is 11.3. The van der Waals surface area contributed by atoms with Crippen molar-refractivity contribution in [2.24, 2.45) is 5.92 Å². The van der Waals surface area contributed by atoms with Crippen LogP contribution in [0.1, 0.15) is 49.7 Å². The molecule has 3 N–H and O–H groups in total. The number of benzene rings is 2. The summed E-state index contributed by atoms with van der Waals surface area (Å²) < 4.78 is 5.52. The maximum absolute atomic E-state index is 12.2. The summed E-state index contributed by atoms with van der Waals surface area (Å²) in [6.07, 6.45) is 1.22. The average Bonchev–Trinajstić information content (AvgIpc) is 3.10. The Kier molecular flexibility index (Phi) is 8.25. The molecule has 0 fully saturated rings. The monoisotopic (exact) mass is 438 g/mol. The quantitative estimate of drug-likeness (QED) is 0.493. The molecule has 1 unspecified atom stereocenters. The number of nitrogens with one attached hydrogen (secondary N) is 2. The Balaban J connectivity index is 1.36. The fourth-order valence-electron chi connectivity index (χ4n) is 3.99. The van der Waals surface area contributed by atoms with Crippen molar-refractivity contribution in [1.29, 1.82) is 0 Å². The van der Waals surface area contributed by atoms with E-state index in [-0.39, 0.29) is 37.3 Å². The molecule has 2 amide bonds. The number of fused-ring (bicyclic) bond motifs is 3. The zero-order valence-corrected chi connectivity index (χ0v) is 18.3. The molecule has 2 aromatic rings. The predicted octanol–water partition coefficient (Wildman–Crippen LogP) is 3.92. The SMILES string of the molecule is CC(CCNC(=O)OCC1c2ccccc2-c2ccccc21)CCC(=O)NCCC(=O)O. The molecule has 7 heteroatoms. The van der Waals surface area contributed by atoms with Gasteiger partial charge in [-0.25, -0.2) is 4.79 Å². The standard InChI is InChI=1S/C25H30N2O5/c1-17(10-11-23(28)26-15-13-24(29)30)12-14-27-25(31)32-16-22-20-8-4-2-6-18(20)19-7-3-5-9-21(19)22/h2-9,17,22H,10-16H2,1H3,(H,26,28)(H,27,31)(H,29,30). The molecule has 0 aliphatic heterocycles. The van der Waals surface area contributed by atoms with Crippen LogP contribution in [0.4, 0.5) is 4.79 Å². The minimum absolute atomic E-state index is 0.0340. The van der Waals surface area contributed by atoms with E-state index in [1.165, 1.54) is 22.3 Å². The Bertz CT molecular complexity index is 913. The number of ether oxygens (including phenoxy) is 1. The molecule has 0 bridgehead atoms. The van der Waals surface area contributed by atoms with Crippen molar-refractivity contribution in [2.75, 3.05) is 19.7 Å². The maximum atomic E-state index is 12.2. The van der Waals surface area contributed by atoms with Crippen LogP contribution in [-0.4, -0.2) is 42.8 Å². The van der Waals surface area contributed by atoms with Gasteiger partial charge >= 0.3 is 12.1 Å². The molecule has 2 aromatic carbocycles. The van der Waals surface area contributed by atoms with Crippen molar-refractivity contribution in [2.45, 2.75) is 38.5 Å². The van der Waals surface area contributed by atoms with Gasteiger partial charge in [0.25, 0.3) is 0 Å². The fraction of sp³-hybridized carbons (Fsp3) is 0.400. The lowest BCUT2D eigenvalue weighted by atomic mass is 9.98. The van der Waals surface area contributed by atoms with Gasteiger partial charge in [0.05, 0.1) is 6.42 Å². The summed E-state index contributed by atoms with van der Waals surface area (Å²) in [5.74, 6) is -0.804. The molecule has 0 saturated carbocycles. The number of hydrogen-bond donors (Lipinski definition) is 3. The van der Waals surface area contributed by atoms with E-state index in [1.54, 1.807) is 0 Å². The molecule has 32 heavy (non-hydrogen) atoms. The number of amides is 2. The number of alkyl carbamates (subject to hydrolysis) is 1. The van der Waals surface area contributed by atoms with Crippen LogP contribution in [0.15, 0.2) is 48.5 Å². The summed E-state index contributed by atoms with van der Waals surface area (Å²) in [7, 11) is 0. The summed E-state index contributed by atoms with van der Waals surface area (Å²) >= 11 is 0. The zero-order valence-electron chi connectivity index (χ0n) is 18.3. The van der Waals surface area contributed by atoms with Crippen LogP contribution in [0.3, 0.4) is 0 Å². The number of aliphatic carboxylic acids is 1. The van der Waals surface area contributed by atoms with Crippen LogP contribution in [0.25, 0.3) is 11.1 Å². The van der Waals surface area contributed by atoms with Gasteiger partial charge in [-0.1, -0.05) is 55.5 Å². The summed E-state index contributed by atoms with van der Waals surface area (Å²) in [5, 5.41) is 14.0. The largest absolute Gasteiger partial charge is 0.481 e. The Morgan fingerprint density at radius 2 is 1.53 bits per heavy atom. The number of carboxylic acid groups (broad SMARTS) is 1. The first-order valence-electron chi connectivity index (χ1n) is 11.0. The molecule has 7 nitrogen and oxygen atoms in total. The predicted molar refractivity (Wildman–Crippen MR) is 121 cm³/mol. The molecule has 0 aromatic heterocycles. The van der Waals surface area contributed by atoms with E-state index < -0.39 is 12.1 Å². The van der Waals surface area contributed by atoms with Crippen LogP contribution < -0.4 is 10.6 Å². The van der Waals surface area contributed by atoms with Crippen molar-refractivity contribution in [3.8, 4) is 11.1 Å². The van der Waals surface area contributed by atoms with Gasteiger partial charge in [0, 0.05) is 25.4 Å². The normalized spacial score (nSPS) is 13.0.